The van der Waals surface area contributed by atoms with Crippen LogP contribution >= 0.6 is 0 Å². The quantitative estimate of drug-likeness (QED) is 0.729. The Labute approximate surface area is 144 Å². The van der Waals surface area contributed by atoms with E-state index in [-0.39, 0.29) is 12.3 Å². The third-order valence-corrected chi connectivity index (χ3v) is 4.30. The van der Waals surface area contributed by atoms with Crippen LogP contribution in [0.1, 0.15) is 5.56 Å². The number of nitrogens with two attached hydrogens (primary N) is 1. The van der Waals surface area contributed by atoms with Crippen molar-refractivity contribution in [1.82, 2.24) is 9.71 Å². The van der Waals surface area contributed by atoms with Crippen LogP contribution in [0.3, 0.4) is 0 Å². The molecule has 0 saturated carbocycles. The Balaban J connectivity index is 1.97. The number of methoxy groups -OCH3 is 1. The maximum atomic E-state index is 14.1. The molecule has 0 amide bonds. The normalized spacial score (nSPS) is 11.6. The molecule has 0 bridgehead atoms. The summed E-state index contributed by atoms with van der Waals surface area (Å²) < 4.78 is 43.1. The van der Waals surface area contributed by atoms with E-state index < -0.39 is 16.0 Å². The Morgan fingerprint density at radius 1 is 1.20 bits per heavy atom. The van der Waals surface area contributed by atoms with Crippen molar-refractivity contribution in [2.75, 3.05) is 7.11 Å². The van der Waals surface area contributed by atoms with Gasteiger partial charge in [0.1, 0.15) is 0 Å². The van der Waals surface area contributed by atoms with E-state index in [1.54, 1.807) is 30.5 Å². The van der Waals surface area contributed by atoms with Crippen molar-refractivity contribution in [3.8, 4) is 16.9 Å². The van der Waals surface area contributed by atoms with E-state index in [0.717, 1.165) is 16.7 Å². The number of hydrogen-bond acceptors (Lipinski definition) is 4. The minimum atomic E-state index is -3.74. The molecule has 25 heavy (non-hydrogen) atoms. The first-order chi connectivity index (χ1) is 11.9. The van der Waals surface area contributed by atoms with E-state index in [0.29, 0.717) is 10.9 Å². The summed E-state index contributed by atoms with van der Waals surface area (Å²) in [5, 5.41) is 5.58. The van der Waals surface area contributed by atoms with Gasteiger partial charge in [-0.1, -0.05) is 24.3 Å². The average molecular weight is 361 g/mol. The van der Waals surface area contributed by atoms with Crippen molar-refractivity contribution < 1.29 is 17.5 Å². The van der Waals surface area contributed by atoms with Gasteiger partial charge in [-0.05, 0) is 28.8 Å². The smallest absolute Gasteiger partial charge is 0.274 e. The maximum absolute atomic E-state index is 14.1. The Hall–Kier alpha value is -2.55. The van der Waals surface area contributed by atoms with E-state index in [1.807, 2.05) is 12.1 Å². The fourth-order valence-corrected chi connectivity index (χ4v) is 2.91. The van der Waals surface area contributed by atoms with Gasteiger partial charge in [-0.3, -0.25) is 4.98 Å². The lowest BCUT2D eigenvalue weighted by Crippen LogP contribution is -2.30. The Kier molecular flexibility index (Phi) is 4.67. The molecule has 0 spiro atoms. The van der Waals surface area contributed by atoms with E-state index in [2.05, 4.69) is 9.71 Å². The number of rotatable bonds is 5. The Bertz CT molecular complexity index is 1020. The molecule has 2 aromatic carbocycles. The molecule has 8 heteroatoms. The average Bonchev–Trinajstić information content (AvgIpc) is 2.59. The molecule has 1 heterocycles. The summed E-state index contributed by atoms with van der Waals surface area (Å²) in [7, 11) is -2.33. The minimum Gasteiger partial charge on any atom is -0.494 e. The summed E-state index contributed by atoms with van der Waals surface area (Å²) >= 11 is 0. The van der Waals surface area contributed by atoms with Crippen LogP contribution in [0.2, 0.25) is 0 Å². The van der Waals surface area contributed by atoms with Crippen LogP contribution in [0.4, 0.5) is 4.39 Å². The van der Waals surface area contributed by atoms with E-state index in [1.165, 1.54) is 13.2 Å². The van der Waals surface area contributed by atoms with Crippen LogP contribution in [-0.4, -0.2) is 20.5 Å². The highest BCUT2D eigenvalue weighted by atomic mass is 32.2. The van der Waals surface area contributed by atoms with Crippen molar-refractivity contribution in [3.63, 3.8) is 0 Å². The van der Waals surface area contributed by atoms with E-state index in [9.17, 15) is 12.8 Å². The number of benzene rings is 2. The molecular weight excluding hydrogens is 345 g/mol. The number of nitrogens with one attached hydrogen (secondary N) is 1. The highest BCUT2D eigenvalue weighted by Gasteiger charge is 2.10. The largest absolute Gasteiger partial charge is 0.494 e. The second kappa shape index (κ2) is 6.75. The third kappa shape index (κ3) is 3.93. The summed E-state index contributed by atoms with van der Waals surface area (Å²) in [6, 6.07) is 12.0. The predicted octanol–water partition coefficient (Wildman–Crippen LogP) is 2.34. The topological polar surface area (TPSA) is 94.3 Å². The van der Waals surface area contributed by atoms with Gasteiger partial charge in [0.25, 0.3) is 10.2 Å². The van der Waals surface area contributed by atoms with Gasteiger partial charge in [-0.25, -0.2) is 9.53 Å². The second-order valence-electron chi connectivity index (χ2n) is 5.43. The number of halogens is 1. The van der Waals surface area contributed by atoms with Gasteiger partial charge in [0, 0.05) is 24.2 Å². The molecule has 0 aliphatic rings. The van der Waals surface area contributed by atoms with Gasteiger partial charge in [0.2, 0.25) is 0 Å². The molecule has 0 atom stereocenters. The molecule has 3 aromatic rings. The molecule has 0 unspecified atom stereocenters. The first-order valence-electron chi connectivity index (χ1n) is 7.36. The number of aromatic nitrogens is 1. The monoisotopic (exact) mass is 361 g/mol. The lowest BCUT2D eigenvalue weighted by Gasteiger charge is -2.10. The van der Waals surface area contributed by atoms with Crippen LogP contribution < -0.4 is 14.6 Å². The molecule has 130 valence electrons. The lowest BCUT2D eigenvalue weighted by atomic mass is 10.00. The van der Waals surface area contributed by atoms with E-state index in [4.69, 9.17) is 9.88 Å². The van der Waals surface area contributed by atoms with Crippen LogP contribution in [0, 0.1) is 5.82 Å². The SMILES string of the molecule is COc1cc2nccc(-c3ccc(CNS(N)(=O)=O)cc3)c2cc1F. The number of nitrogens with zero attached hydrogens (tertiary/aromatic N) is 1. The van der Waals surface area contributed by atoms with Crippen molar-refractivity contribution in [2.45, 2.75) is 6.54 Å². The third-order valence-electron chi connectivity index (χ3n) is 3.76. The zero-order valence-electron chi connectivity index (χ0n) is 13.4. The van der Waals surface area contributed by atoms with Crippen molar-refractivity contribution in [3.05, 3.63) is 60.0 Å². The highest BCUT2D eigenvalue weighted by molar-refractivity contribution is 7.87. The van der Waals surface area contributed by atoms with Crippen molar-refractivity contribution in [1.29, 1.82) is 0 Å². The summed E-state index contributed by atoms with van der Waals surface area (Å²) in [5.74, 6) is -0.320. The molecule has 6 nitrogen and oxygen atoms in total. The van der Waals surface area contributed by atoms with Crippen molar-refractivity contribution in [2.24, 2.45) is 5.14 Å². The number of hydrogen-bond donors (Lipinski definition) is 2. The molecule has 3 N–H and O–H groups in total. The lowest BCUT2D eigenvalue weighted by molar-refractivity contribution is 0.387. The predicted molar refractivity (Wildman–Crippen MR) is 93.6 cm³/mol. The van der Waals surface area contributed by atoms with Gasteiger partial charge >= 0.3 is 0 Å². The maximum Gasteiger partial charge on any atom is 0.274 e. The van der Waals surface area contributed by atoms with Gasteiger partial charge in [0.15, 0.2) is 11.6 Å². The Morgan fingerprint density at radius 3 is 2.56 bits per heavy atom. The van der Waals surface area contributed by atoms with Crippen LogP contribution in [0.5, 0.6) is 5.75 Å². The number of pyridine rings is 1. The minimum absolute atomic E-state index is 0.0992. The standard InChI is InChI=1S/C17H16FN3O3S/c1-24-17-9-16-14(8-15(17)18)13(6-7-20-16)12-4-2-11(3-5-12)10-21-25(19,22)23/h2-9,21H,10H2,1H3,(H2,19,22,23). The second-order valence-corrected chi connectivity index (χ2v) is 6.80. The van der Waals surface area contributed by atoms with Crippen LogP contribution in [0.15, 0.2) is 48.7 Å². The fourth-order valence-electron chi connectivity index (χ4n) is 2.54. The summed E-state index contributed by atoms with van der Waals surface area (Å²) in [6.45, 7) is 0.0992. The van der Waals surface area contributed by atoms with E-state index >= 15 is 0 Å². The molecule has 3 rings (SSSR count). The van der Waals surface area contributed by atoms with Crippen LogP contribution in [0.25, 0.3) is 22.0 Å². The van der Waals surface area contributed by atoms with Gasteiger partial charge in [0.05, 0.1) is 12.6 Å². The van der Waals surface area contributed by atoms with Gasteiger partial charge in [-0.15, -0.1) is 0 Å². The molecule has 0 aliphatic heterocycles. The first-order valence-corrected chi connectivity index (χ1v) is 8.91. The zero-order chi connectivity index (χ0) is 18.0. The molecular formula is C17H16FN3O3S. The molecule has 0 radical (unpaired) electrons. The number of fused-ring (bicyclic) bond motifs is 1. The Morgan fingerprint density at radius 2 is 1.92 bits per heavy atom. The first kappa shape index (κ1) is 17.3. The number of ether oxygens (including phenoxy) is 1. The summed E-state index contributed by atoms with van der Waals surface area (Å²) in [6.07, 6.45) is 1.64. The summed E-state index contributed by atoms with van der Waals surface area (Å²) in [4.78, 5) is 4.25. The zero-order valence-corrected chi connectivity index (χ0v) is 14.2. The van der Waals surface area contributed by atoms with Gasteiger partial charge in [-0.2, -0.15) is 13.1 Å². The molecule has 0 saturated heterocycles. The molecule has 1 aromatic heterocycles. The molecule has 0 aliphatic carbocycles. The van der Waals surface area contributed by atoms with Crippen molar-refractivity contribution >= 4 is 21.1 Å². The highest BCUT2D eigenvalue weighted by Crippen LogP contribution is 2.31. The fraction of sp³-hybridized carbons (Fsp3) is 0.118. The summed E-state index contributed by atoms with van der Waals surface area (Å²) in [5.41, 5.74) is 3.05. The van der Waals surface area contributed by atoms with Gasteiger partial charge < -0.3 is 4.74 Å². The van der Waals surface area contributed by atoms with Crippen LogP contribution in [-0.2, 0) is 16.8 Å². The molecule has 0 fully saturated rings.